The van der Waals surface area contributed by atoms with Gasteiger partial charge in [0.2, 0.25) is 5.91 Å². The molecule has 3 heterocycles. The van der Waals surface area contributed by atoms with E-state index in [-0.39, 0.29) is 36.0 Å². The van der Waals surface area contributed by atoms with Gasteiger partial charge in [-0.2, -0.15) is 0 Å². The first kappa shape index (κ1) is 18.6. The Kier molecular flexibility index (Phi) is 4.17. The molecule has 3 aliphatic rings. The summed E-state index contributed by atoms with van der Waals surface area (Å²) in [5.41, 5.74) is 3.23. The van der Waals surface area contributed by atoms with Gasteiger partial charge in [0.1, 0.15) is 6.04 Å². The van der Waals surface area contributed by atoms with Crippen LogP contribution in [-0.2, 0) is 11.2 Å². The molecule has 2 fully saturated rings. The van der Waals surface area contributed by atoms with Crippen molar-refractivity contribution in [3.05, 3.63) is 83.4 Å². The largest absolute Gasteiger partial charge is 0.329 e. The van der Waals surface area contributed by atoms with Gasteiger partial charge in [0.15, 0.2) is 0 Å². The van der Waals surface area contributed by atoms with E-state index in [9.17, 15) is 9.59 Å². The Hall–Kier alpha value is -3.14. The first-order valence-corrected chi connectivity index (χ1v) is 11.4. The van der Waals surface area contributed by atoms with Crippen molar-refractivity contribution < 1.29 is 9.59 Å². The number of piperazine rings is 1. The SMILES string of the molecule is C[C@@H]1Cc2ccccc2[C@H]2[C@@H]3CCC[C@H](C(=O)N12)N3C(=O)c1cccc2ccccc12. The molecule has 4 atom stereocenters. The molecule has 0 aromatic heterocycles. The molecular formula is C27H26N2O2. The molecule has 2 saturated heterocycles. The predicted molar refractivity (Wildman–Crippen MR) is 121 cm³/mol. The molecule has 6 rings (SSSR count). The third kappa shape index (κ3) is 2.67. The number of piperidine rings is 1. The van der Waals surface area contributed by atoms with Crippen LogP contribution < -0.4 is 0 Å². The highest BCUT2D eigenvalue weighted by Gasteiger charge is 2.54. The number of hydrogen-bond donors (Lipinski definition) is 0. The van der Waals surface area contributed by atoms with Crippen LogP contribution in [0.2, 0.25) is 0 Å². The number of benzene rings is 3. The van der Waals surface area contributed by atoms with Crippen molar-refractivity contribution in [2.24, 2.45) is 0 Å². The molecule has 31 heavy (non-hydrogen) atoms. The minimum Gasteiger partial charge on any atom is -0.329 e. The van der Waals surface area contributed by atoms with E-state index >= 15 is 0 Å². The predicted octanol–water partition coefficient (Wildman–Crippen LogP) is 4.73. The summed E-state index contributed by atoms with van der Waals surface area (Å²) in [5, 5.41) is 2.01. The summed E-state index contributed by atoms with van der Waals surface area (Å²) < 4.78 is 0. The van der Waals surface area contributed by atoms with E-state index in [0.29, 0.717) is 5.56 Å². The quantitative estimate of drug-likeness (QED) is 0.582. The molecule has 0 radical (unpaired) electrons. The van der Waals surface area contributed by atoms with E-state index in [1.165, 1.54) is 11.1 Å². The van der Waals surface area contributed by atoms with E-state index in [1.54, 1.807) is 0 Å². The van der Waals surface area contributed by atoms with Gasteiger partial charge in [0.05, 0.1) is 12.1 Å². The number of carbonyl (C=O) groups is 2. The second kappa shape index (κ2) is 6.94. The maximum Gasteiger partial charge on any atom is 0.255 e. The number of nitrogens with zero attached hydrogens (tertiary/aromatic N) is 2. The average molecular weight is 411 g/mol. The Morgan fingerprint density at radius 3 is 2.61 bits per heavy atom. The molecule has 3 aromatic rings. The molecule has 3 aromatic carbocycles. The smallest absolute Gasteiger partial charge is 0.255 e. The second-order valence-corrected chi connectivity index (χ2v) is 9.20. The highest BCUT2D eigenvalue weighted by atomic mass is 16.2. The first-order chi connectivity index (χ1) is 15.1. The molecular weight excluding hydrogens is 384 g/mol. The number of amides is 2. The zero-order valence-corrected chi connectivity index (χ0v) is 17.7. The first-order valence-electron chi connectivity index (χ1n) is 11.4. The summed E-state index contributed by atoms with van der Waals surface area (Å²) in [6, 6.07) is 22.2. The van der Waals surface area contributed by atoms with Gasteiger partial charge in [-0.25, -0.2) is 0 Å². The lowest BCUT2D eigenvalue weighted by atomic mass is 9.76. The van der Waals surface area contributed by atoms with Gasteiger partial charge in [-0.1, -0.05) is 60.7 Å². The number of rotatable bonds is 1. The number of carbonyl (C=O) groups excluding carboxylic acids is 2. The van der Waals surface area contributed by atoms with E-state index in [0.717, 1.165) is 36.5 Å². The van der Waals surface area contributed by atoms with E-state index in [2.05, 4.69) is 36.1 Å². The standard InChI is InChI=1S/C27H26N2O2/c1-17-16-19-9-3-5-12-21(19)25-23-14-7-15-24(27(31)28(17)25)29(23)26(30)22-13-6-10-18-8-2-4-11-20(18)22/h2-6,8-13,17,23-25H,7,14-16H2,1H3/t17-,23+,24-,25+/m1/s1. The van der Waals surface area contributed by atoms with Crippen molar-refractivity contribution in [3.8, 4) is 0 Å². The lowest BCUT2D eigenvalue weighted by Gasteiger charge is -2.57. The van der Waals surface area contributed by atoms with Gasteiger partial charge in [-0.3, -0.25) is 9.59 Å². The van der Waals surface area contributed by atoms with Crippen LogP contribution in [0.5, 0.6) is 0 Å². The molecule has 0 saturated carbocycles. The average Bonchev–Trinajstić information content (AvgIpc) is 2.80. The van der Waals surface area contributed by atoms with E-state index in [4.69, 9.17) is 0 Å². The molecule has 2 bridgehead atoms. The Bertz CT molecular complexity index is 1200. The summed E-state index contributed by atoms with van der Waals surface area (Å²) in [6.07, 6.45) is 3.56. The van der Waals surface area contributed by atoms with Crippen LogP contribution in [0, 0.1) is 0 Å². The second-order valence-electron chi connectivity index (χ2n) is 9.20. The van der Waals surface area contributed by atoms with Crippen molar-refractivity contribution in [2.75, 3.05) is 0 Å². The van der Waals surface area contributed by atoms with Gasteiger partial charge < -0.3 is 9.80 Å². The highest BCUT2D eigenvalue weighted by molar-refractivity contribution is 6.08. The Labute approximate surface area is 182 Å². The Balaban J connectivity index is 1.49. The van der Waals surface area contributed by atoms with E-state index in [1.807, 2.05) is 47.4 Å². The highest BCUT2D eigenvalue weighted by Crippen LogP contribution is 2.46. The third-order valence-corrected chi connectivity index (χ3v) is 7.49. The topological polar surface area (TPSA) is 40.6 Å². The summed E-state index contributed by atoms with van der Waals surface area (Å²) in [4.78, 5) is 31.8. The maximum absolute atomic E-state index is 14.0. The molecule has 4 heteroatoms. The zero-order chi connectivity index (χ0) is 21.1. The van der Waals surface area contributed by atoms with Crippen LogP contribution >= 0.6 is 0 Å². The zero-order valence-electron chi connectivity index (χ0n) is 17.7. The van der Waals surface area contributed by atoms with Crippen LogP contribution in [0.25, 0.3) is 10.8 Å². The van der Waals surface area contributed by atoms with Crippen molar-refractivity contribution in [1.82, 2.24) is 9.80 Å². The van der Waals surface area contributed by atoms with Crippen molar-refractivity contribution >= 4 is 22.6 Å². The van der Waals surface area contributed by atoms with Crippen molar-refractivity contribution in [1.29, 1.82) is 0 Å². The fraction of sp³-hybridized carbons (Fsp3) is 0.333. The van der Waals surface area contributed by atoms with Crippen LogP contribution in [0.4, 0.5) is 0 Å². The number of hydrogen-bond acceptors (Lipinski definition) is 2. The maximum atomic E-state index is 14.0. The van der Waals surface area contributed by atoms with Crippen molar-refractivity contribution in [3.63, 3.8) is 0 Å². The molecule has 156 valence electrons. The molecule has 0 spiro atoms. The summed E-state index contributed by atoms with van der Waals surface area (Å²) in [6.45, 7) is 2.15. The third-order valence-electron chi connectivity index (χ3n) is 7.49. The van der Waals surface area contributed by atoms with Crippen LogP contribution in [-0.4, -0.2) is 39.7 Å². The lowest BCUT2D eigenvalue weighted by molar-refractivity contribution is -0.156. The van der Waals surface area contributed by atoms with Gasteiger partial charge in [0.25, 0.3) is 5.91 Å². The van der Waals surface area contributed by atoms with Gasteiger partial charge >= 0.3 is 0 Å². The Morgan fingerprint density at radius 1 is 0.935 bits per heavy atom. The summed E-state index contributed by atoms with van der Waals surface area (Å²) in [7, 11) is 0. The van der Waals surface area contributed by atoms with Gasteiger partial charge in [-0.15, -0.1) is 0 Å². The van der Waals surface area contributed by atoms with E-state index < -0.39 is 0 Å². The molecule has 4 nitrogen and oxygen atoms in total. The fourth-order valence-corrected chi connectivity index (χ4v) is 6.19. The summed E-state index contributed by atoms with van der Waals surface area (Å²) >= 11 is 0. The molecule has 0 aliphatic carbocycles. The Morgan fingerprint density at radius 2 is 1.71 bits per heavy atom. The normalized spacial score (nSPS) is 27.1. The number of fused-ring (bicyclic) bond motifs is 7. The lowest BCUT2D eigenvalue weighted by Crippen LogP contribution is -2.68. The van der Waals surface area contributed by atoms with Crippen molar-refractivity contribution in [2.45, 2.75) is 56.8 Å². The molecule has 3 aliphatic heterocycles. The molecule has 2 amide bonds. The monoisotopic (exact) mass is 410 g/mol. The van der Waals surface area contributed by atoms with Crippen LogP contribution in [0.15, 0.2) is 66.7 Å². The van der Waals surface area contributed by atoms with Gasteiger partial charge in [-0.05, 0) is 60.6 Å². The minimum absolute atomic E-state index is 0.00444. The van der Waals surface area contributed by atoms with Crippen LogP contribution in [0.1, 0.15) is 53.7 Å². The molecule has 0 unspecified atom stereocenters. The van der Waals surface area contributed by atoms with Crippen LogP contribution in [0.3, 0.4) is 0 Å². The van der Waals surface area contributed by atoms with Gasteiger partial charge in [0, 0.05) is 11.6 Å². The molecule has 0 N–H and O–H groups in total. The fourth-order valence-electron chi connectivity index (χ4n) is 6.19. The minimum atomic E-state index is -0.353. The summed E-state index contributed by atoms with van der Waals surface area (Å²) in [5.74, 6) is 0.117.